The Morgan fingerprint density at radius 1 is 1.06 bits per heavy atom. The first-order valence-electron chi connectivity index (χ1n) is 10.9. The Morgan fingerprint density at radius 3 is 2.69 bits per heavy atom. The fraction of sp³-hybridized carbons (Fsp3) is 0.391. The normalized spacial score (nSPS) is 17.8. The van der Waals surface area contributed by atoms with Crippen LogP contribution in [0.4, 0.5) is 11.5 Å². The third kappa shape index (κ3) is 4.10. The van der Waals surface area contributed by atoms with E-state index in [-0.39, 0.29) is 11.8 Å². The molecule has 4 heterocycles. The minimum Gasteiger partial charge on any atom is -0.486 e. The molecule has 1 fully saturated rings. The first-order chi connectivity index (χ1) is 15.6. The number of fused-ring (bicyclic) bond motifs is 1. The molecule has 3 aromatic rings. The van der Waals surface area contributed by atoms with Gasteiger partial charge in [0.05, 0.1) is 11.6 Å². The average molecular weight is 435 g/mol. The smallest absolute Gasteiger partial charge is 0.229 e. The highest BCUT2D eigenvalue weighted by atomic mass is 16.6. The van der Waals surface area contributed by atoms with Crippen LogP contribution < -0.4 is 19.7 Å². The Hall–Kier alpha value is -3.62. The van der Waals surface area contributed by atoms with Crippen molar-refractivity contribution >= 4 is 17.4 Å². The van der Waals surface area contributed by atoms with Gasteiger partial charge in [0.1, 0.15) is 25.4 Å². The Kier molecular flexibility index (Phi) is 5.38. The van der Waals surface area contributed by atoms with Crippen LogP contribution >= 0.6 is 0 Å². The predicted molar refractivity (Wildman–Crippen MR) is 120 cm³/mol. The molecule has 9 heteroatoms. The van der Waals surface area contributed by atoms with Gasteiger partial charge in [0.25, 0.3) is 0 Å². The molecule has 1 N–H and O–H groups in total. The summed E-state index contributed by atoms with van der Waals surface area (Å²) in [6, 6.07) is 9.44. The number of anilines is 2. The van der Waals surface area contributed by atoms with E-state index < -0.39 is 0 Å². The van der Waals surface area contributed by atoms with E-state index >= 15 is 0 Å². The second-order valence-corrected chi connectivity index (χ2v) is 8.21. The summed E-state index contributed by atoms with van der Waals surface area (Å²) in [6.45, 7) is 6.47. The molecular weight excluding hydrogens is 408 g/mol. The van der Waals surface area contributed by atoms with Crippen molar-refractivity contribution < 1.29 is 14.3 Å². The van der Waals surface area contributed by atoms with Gasteiger partial charge in [-0.1, -0.05) is 0 Å². The van der Waals surface area contributed by atoms with Crippen LogP contribution in [0, 0.1) is 19.8 Å². The van der Waals surface area contributed by atoms with E-state index in [9.17, 15) is 4.79 Å². The van der Waals surface area contributed by atoms with Crippen molar-refractivity contribution in [3.05, 3.63) is 48.0 Å². The van der Waals surface area contributed by atoms with Crippen LogP contribution in [0.25, 0.3) is 5.82 Å². The minimum absolute atomic E-state index is 0.000738. The summed E-state index contributed by atoms with van der Waals surface area (Å²) in [5.74, 6) is 2.77. The van der Waals surface area contributed by atoms with Gasteiger partial charge < -0.3 is 19.7 Å². The molecule has 0 aliphatic carbocycles. The van der Waals surface area contributed by atoms with Crippen molar-refractivity contribution in [1.82, 2.24) is 19.7 Å². The fourth-order valence-electron chi connectivity index (χ4n) is 4.25. The molecular formula is C23H26N6O3. The van der Waals surface area contributed by atoms with Gasteiger partial charge in [0.2, 0.25) is 5.91 Å². The van der Waals surface area contributed by atoms with Crippen molar-refractivity contribution in [2.24, 2.45) is 5.92 Å². The van der Waals surface area contributed by atoms with Gasteiger partial charge in [0.15, 0.2) is 17.3 Å². The lowest BCUT2D eigenvalue weighted by atomic mass is 9.97. The van der Waals surface area contributed by atoms with E-state index in [4.69, 9.17) is 9.47 Å². The highest BCUT2D eigenvalue weighted by Crippen LogP contribution is 2.33. The van der Waals surface area contributed by atoms with Crippen molar-refractivity contribution in [2.45, 2.75) is 26.7 Å². The first kappa shape index (κ1) is 20.3. The minimum atomic E-state index is -0.135. The summed E-state index contributed by atoms with van der Waals surface area (Å²) < 4.78 is 13.0. The van der Waals surface area contributed by atoms with Gasteiger partial charge in [-0.15, -0.1) is 0 Å². The zero-order valence-corrected chi connectivity index (χ0v) is 18.2. The van der Waals surface area contributed by atoms with Crippen LogP contribution in [0.5, 0.6) is 11.5 Å². The molecule has 1 unspecified atom stereocenters. The largest absolute Gasteiger partial charge is 0.486 e. The Balaban J connectivity index is 1.29. The van der Waals surface area contributed by atoms with Gasteiger partial charge in [-0.3, -0.25) is 4.79 Å². The van der Waals surface area contributed by atoms with Gasteiger partial charge in [0, 0.05) is 36.6 Å². The first-order valence-corrected chi connectivity index (χ1v) is 10.9. The molecule has 2 aliphatic heterocycles. The number of rotatable bonds is 4. The lowest BCUT2D eigenvalue weighted by Crippen LogP contribution is -2.41. The van der Waals surface area contributed by atoms with E-state index in [0.717, 1.165) is 42.4 Å². The number of hydrogen-bond donors (Lipinski definition) is 1. The maximum atomic E-state index is 13.0. The number of carbonyl (C=O) groups is 1. The molecule has 5 rings (SSSR count). The highest BCUT2D eigenvalue weighted by Gasteiger charge is 2.27. The molecule has 0 radical (unpaired) electrons. The number of amides is 1. The summed E-state index contributed by atoms with van der Waals surface area (Å²) in [5, 5.41) is 7.55. The van der Waals surface area contributed by atoms with E-state index in [2.05, 4.69) is 25.3 Å². The summed E-state index contributed by atoms with van der Waals surface area (Å²) in [4.78, 5) is 24.0. The molecule has 1 aromatic carbocycles. The maximum Gasteiger partial charge on any atom is 0.229 e. The lowest BCUT2D eigenvalue weighted by Gasteiger charge is -2.33. The Labute approximate surface area is 186 Å². The van der Waals surface area contributed by atoms with E-state index in [1.165, 1.54) is 0 Å². The number of aromatic nitrogens is 4. The number of carbonyl (C=O) groups excluding carboxylic acids is 1. The molecule has 2 aliphatic rings. The van der Waals surface area contributed by atoms with Crippen LogP contribution in [-0.4, -0.2) is 52.0 Å². The van der Waals surface area contributed by atoms with Crippen LogP contribution in [0.15, 0.2) is 36.7 Å². The Morgan fingerprint density at radius 2 is 1.88 bits per heavy atom. The van der Waals surface area contributed by atoms with Crippen molar-refractivity contribution in [3.8, 4) is 17.3 Å². The fourth-order valence-corrected chi connectivity index (χ4v) is 4.25. The summed E-state index contributed by atoms with van der Waals surface area (Å²) in [6.07, 6.45) is 3.31. The van der Waals surface area contributed by atoms with Crippen molar-refractivity contribution in [1.29, 1.82) is 0 Å². The topological polar surface area (TPSA) is 94.4 Å². The average Bonchev–Trinajstić information content (AvgIpc) is 3.17. The van der Waals surface area contributed by atoms with Gasteiger partial charge in [-0.05, 0) is 44.9 Å². The second kappa shape index (κ2) is 8.49. The van der Waals surface area contributed by atoms with Crippen LogP contribution in [0.1, 0.15) is 24.2 Å². The summed E-state index contributed by atoms with van der Waals surface area (Å²) >= 11 is 0. The van der Waals surface area contributed by atoms with E-state index in [1.54, 1.807) is 6.33 Å². The predicted octanol–water partition coefficient (Wildman–Crippen LogP) is 2.91. The SMILES string of the molecule is Cc1cc(C)n(-c2cc(N3CCCC(C(=O)Nc4ccc5c(c4)OCCO5)C3)ncn2)n1. The molecule has 0 saturated carbocycles. The monoisotopic (exact) mass is 434 g/mol. The lowest BCUT2D eigenvalue weighted by molar-refractivity contribution is -0.120. The molecule has 0 spiro atoms. The summed E-state index contributed by atoms with van der Waals surface area (Å²) in [7, 11) is 0. The second-order valence-electron chi connectivity index (χ2n) is 8.21. The van der Waals surface area contributed by atoms with E-state index in [1.807, 2.05) is 48.9 Å². The van der Waals surface area contributed by atoms with Crippen molar-refractivity contribution in [3.63, 3.8) is 0 Å². The molecule has 1 amide bonds. The van der Waals surface area contributed by atoms with E-state index in [0.29, 0.717) is 36.9 Å². The standard InChI is InChI=1S/C23H26N6O3/c1-15-10-16(2)29(27-15)22-12-21(24-14-25-22)28-7-3-4-17(13-28)23(30)26-18-5-6-19-20(11-18)32-9-8-31-19/h5-6,10-12,14,17H,3-4,7-9,13H2,1-2H3,(H,26,30). The van der Waals surface area contributed by atoms with Gasteiger partial charge >= 0.3 is 0 Å². The molecule has 2 aromatic heterocycles. The van der Waals surface area contributed by atoms with Gasteiger partial charge in [-0.25, -0.2) is 14.6 Å². The Bertz CT molecular complexity index is 1140. The highest BCUT2D eigenvalue weighted by molar-refractivity contribution is 5.93. The molecule has 32 heavy (non-hydrogen) atoms. The third-order valence-corrected chi connectivity index (χ3v) is 5.79. The summed E-state index contributed by atoms with van der Waals surface area (Å²) in [5.41, 5.74) is 2.67. The molecule has 1 atom stereocenters. The number of piperidine rings is 1. The third-order valence-electron chi connectivity index (χ3n) is 5.79. The molecule has 9 nitrogen and oxygen atoms in total. The number of nitrogens with one attached hydrogen (secondary N) is 1. The number of nitrogens with zero attached hydrogens (tertiary/aromatic N) is 5. The zero-order valence-electron chi connectivity index (χ0n) is 18.2. The molecule has 1 saturated heterocycles. The van der Waals surface area contributed by atoms with Crippen LogP contribution in [-0.2, 0) is 4.79 Å². The van der Waals surface area contributed by atoms with Gasteiger partial charge in [-0.2, -0.15) is 5.10 Å². The number of hydrogen-bond acceptors (Lipinski definition) is 7. The van der Waals surface area contributed by atoms with Crippen molar-refractivity contribution in [2.75, 3.05) is 36.5 Å². The van der Waals surface area contributed by atoms with Crippen LogP contribution in [0.2, 0.25) is 0 Å². The number of ether oxygens (including phenoxy) is 2. The maximum absolute atomic E-state index is 13.0. The quantitative estimate of drug-likeness (QED) is 0.675. The number of benzene rings is 1. The zero-order chi connectivity index (χ0) is 22.1. The molecule has 0 bridgehead atoms. The molecule has 166 valence electrons. The van der Waals surface area contributed by atoms with Crippen LogP contribution in [0.3, 0.4) is 0 Å². The number of aryl methyl sites for hydroxylation is 2.